The smallest absolute Gasteiger partial charge is 0.339 e. The van der Waals surface area contributed by atoms with Gasteiger partial charge in [0.15, 0.2) is 23.1 Å². The van der Waals surface area contributed by atoms with E-state index in [9.17, 15) is 18.0 Å². The standard InChI is InChI=1S/C29H31NO6S/c1-4-30-21-7-5-9-23(31)28(21)27(29-22(30)8-6-10-24(29)32)19-13-16-25(26(17-19)35-3)36-37(33,34)20-14-11-18(2)12-15-20/h11-17,27H,4-10H2,1-3H3. The third kappa shape index (κ3) is 4.48. The number of rotatable bonds is 6. The number of ether oxygens (including phenoxy) is 1. The van der Waals surface area contributed by atoms with Crippen LogP contribution in [-0.4, -0.2) is 38.5 Å². The van der Waals surface area contributed by atoms with Crippen LogP contribution in [0.15, 0.2) is 69.9 Å². The average molecular weight is 522 g/mol. The molecule has 2 aromatic rings. The summed E-state index contributed by atoms with van der Waals surface area (Å²) in [6.07, 6.45) is 4.09. The molecule has 0 fully saturated rings. The number of aryl methyl sites for hydroxylation is 1. The van der Waals surface area contributed by atoms with Gasteiger partial charge in [0.2, 0.25) is 0 Å². The van der Waals surface area contributed by atoms with E-state index in [1.54, 1.807) is 30.3 Å². The van der Waals surface area contributed by atoms with Gasteiger partial charge >= 0.3 is 10.1 Å². The van der Waals surface area contributed by atoms with Gasteiger partial charge in [-0.1, -0.05) is 23.8 Å². The minimum absolute atomic E-state index is 0.0429. The van der Waals surface area contributed by atoms with Crippen LogP contribution in [0.3, 0.4) is 0 Å². The van der Waals surface area contributed by atoms with Gasteiger partial charge in [-0.2, -0.15) is 8.42 Å². The van der Waals surface area contributed by atoms with Gasteiger partial charge in [-0.25, -0.2) is 0 Å². The van der Waals surface area contributed by atoms with E-state index in [-0.39, 0.29) is 28.0 Å². The molecule has 0 aromatic heterocycles. The van der Waals surface area contributed by atoms with E-state index in [0.29, 0.717) is 30.5 Å². The van der Waals surface area contributed by atoms with Crippen molar-refractivity contribution in [2.45, 2.75) is 63.2 Å². The Kier molecular flexibility index (Phi) is 6.70. The zero-order valence-electron chi connectivity index (χ0n) is 21.4. The van der Waals surface area contributed by atoms with Gasteiger partial charge < -0.3 is 13.8 Å². The zero-order valence-corrected chi connectivity index (χ0v) is 22.2. The normalized spacial score (nSPS) is 18.6. The van der Waals surface area contributed by atoms with E-state index in [2.05, 4.69) is 11.8 Å². The lowest BCUT2D eigenvalue weighted by Gasteiger charge is -2.43. The molecule has 1 aliphatic heterocycles. The molecule has 2 aromatic carbocycles. The van der Waals surface area contributed by atoms with Gasteiger partial charge in [0, 0.05) is 47.8 Å². The fourth-order valence-corrected chi connectivity index (χ4v) is 6.68. The van der Waals surface area contributed by atoms with Crippen molar-refractivity contribution in [2.75, 3.05) is 13.7 Å². The van der Waals surface area contributed by atoms with Crippen LogP contribution >= 0.6 is 0 Å². The minimum atomic E-state index is -4.08. The number of hydrogen-bond acceptors (Lipinski definition) is 7. The predicted molar refractivity (Wildman–Crippen MR) is 139 cm³/mol. The predicted octanol–water partition coefficient (Wildman–Crippen LogP) is 5.20. The lowest BCUT2D eigenvalue weighted by molar-refractivity contribution is -0.117. The van der Waals surface area contributed by atoms with Crippen LogP contribution < -0.4 is 8.92 Å². The van der Waals surface area contributed by atoms with Crippen molar-refractivity contribution in [1.82, 2.24) is 4.90 Å². The topological polar surface area (TPSA) is 90.0 Å². The van der Waals surface area contributed by atoms with Crippen LogP contribution in [0.2, 0.25) is 0 Å². The number of ketones is 2. The van der Waals surface area contributed by atoms with E-state index >= 15 is 0 Å². The molecule has 0 radical (unpaired) electrons. The summed E-state index contributed by atoms with van der Waals surface area (Å²) in [5.41, 5.74) is 5.05. The molecule has 5 rings (SSSR count). The van der Waals surface area contributed by atoms with Crippen molar-refractivity contribution in [3.63, 3.8) is 0 Å². The molecule has 1 heterocycles. The third-order valence-corrected chi connectivity index (χ3v) is 8.68. The van der Waals surface area contributed by atoms with Crippen LogP contribution in [0.1, 0.15) is 62.5 Å². The summed E-state index contributed by atoms with van der Waals surface area (Å²) in [6, 6.07) is 11.4. The van der Waals surface area contributed by atoms with Gasteiger partial charge in [-0.05, 0) is 69.4 Å². The Morgan fingerprint density at radius 1 is 0.865 bits per heavy atom. The molecule has 2 aliphatic carbocycles. The second-order valence-corrected chi connectivity index (χ2v) is 11.3. The summed E-state index contributed by atoms with van der Waals surface area (Å²) in [5.74, 6) is -0.0927. The van der Waals surface area contributed by atoms with E-state index in [1.165, 1.54) is 19.2 Å². The number of allylic oxidation sites excluding steroid dienone is 4. The van der Waals surface area contributed by atoms with Crippen molar-refractivity contribution in [3.05, 3.63) is 76.1 Å². The fraction of sp³-hybridized carbons (Fsp3) is 0.379. The second kappa shape index (κ2) is 9.82. The number of Topliss-reactive ketones (excluding diaryl/α,β-unsaturated/α-hetero) is 2. The maximum Gasteiger partial charge on any atom is 0.339 e. The minimum Gasteiger partial charge on any atom is -0.493 e. The lowest BCUT2D eigenvalue weighted by Crippen LogP contribution is -2.39. The van der Waals surface area contributed by atoms with E-state index in [1.807, 2.05) is 6.92 Å². The van der Waals surface area contributed by atoms with Crippen molar-refractivity contribution in [2.24, 2.45) is 0 Å². The molecule has 8 heteroatoms. The number of methoxy groups -OCH3 is 1. The molecule has 0 spiro atoms. The van der Waals surface area contributed by atoms with E-state index < -0.39 is 16.0 Å². The van der Waals surface area contributed by atoms with Crippen LogP contribution in [0.25, 0.3) is 0 Å². The number of hydrogen-bond donors (Lipinski definition) is 0. The Morgan fingerprint density at radius 3 is 2.00 bits per heavy atom. The van der Waals surface area contributed by atoms with Crippen molar-refractivity contribution < 1.29 is 26.9 Å². The summed E-state index contributed by atoms with van der Waals surface area (Å²) in [5, 5.41) is 0. The molecule has 194 valence electrons. The van der Waals surface area contributed by atoms with Crippen LogP contribution in [0, 0.1) is 6.92 Å². The van der Waals surface area contributed by atoms with Gasteiger partial charge in [-0.15, -0.1) is 0 Å². The quantitative estimate of drug-likeness (QED) is 0.483. The highest BCUT2D eigenvalue weighted by molar-refractivity contribution is 7.87. The first-order chi connectivity index (χ1) is 17.7. The summed E-state index contributed by atoms with van der Waals surface area (Å²) in [7, 11) is -2.64. The maximum atomic E-state index is 13.3. The van der Waals surface area contributed by atoms with Gasteiger partial charge in [-0.3, -0.25) is 9.59 Å². The molecular weight excluding hydrogens is 490 g/mol. The third-order valence-electron chi connectivity index (χ3n) is 7.43. The van der Waals surface area contributed by atoms with Crippen LogP contribution in [-0.2, 0) is 19.7 Å². The van der Waals surface area contributed by atoms with Crippen molar-refractivity contribution >= 4 is 21.7 Å². The molecule has 0 unspecified atom stereocenters. The Morgan fingerprint density at radius 2 is 1.46 bits per heavy atom. The molecule has 0 bridgehead atoms. The highest BCUT2D eigenvalue weighted by Crippen LogP contribution is 2.50. The number of benzene rings is 2. The number of carbonyl (C=O) groups excluding carboxylic acids is 2. The summed E-state index contributed by atoms with van der Waals surface area (Å²) < 4.78 is 36.8. The Balaban J connectivity index is 1.59. The molecule has 0 N–H and O–H groups in total. The van der Waals surface area contributed by atoms with Crippen LogP contribution in [0.5, 0.6) is 11.5 Å². The molecule has 37 heavy (non-hydrogen) atoms. The van der Waals surface area contributed by atoms with Gasteiger partial charge in [0.25, 0.3) is 0 Å². The Labute approximate surface area is 217 Å². The van der Waals surface area contributed by atoms with E-state index in [4.69, 9.17) is 8.92 Å². The maximum absolute atomic E-state index is 13.3. The largest absolute Gasteiger partial charge is 0.493 e. The van der Waals surface area contributed by atoms with E-state index in [0.717, 1.165) is 48.2 Å². The Bertz CT molecular complexity index is 1390. The average Bonchev–Trinajstić information content (AvgIpc) is 2.88. The summed E-state index contributed by atoms with van der Waals surface area (Å²) in [4.78, 5) is 28.8. The first-order valence-corrected chi connectivity index (χ1v) is 14.1. The number of nitrogens with zero attached hydrogens (tertiary/aromatic N) is 1. The van der Waals surface area contributed by atoms with Gasteiger partial charge in [0.05, 0.1) is 7.11 Å². The highest BCUT2D eigenvalue weighted by atomic mass is 32.2. The van der Waals surface area contributed by atoms with Crippen molar-refractivity contribution in [1.29, 1.82) is 0 Å². The summed E-state index contributed by atoms with van der Waals surface area (Å²) in [6.45, 7) is 4.63. The number of carbonyl (C=O) groups is 2. The molecular formula is C29H31NO6S. The Hall–Kier alpha value is -3.39. The molecule has 7 nitrogen and oxygen atoms in total. The van der Waals surface area contributed by atoms with Crippen LogP contribution in [0.4, 0.5) is 0 Å². The molecule has 0 atom stereocenters. The monoisotopic (exact) mass is 521 g/mol. The zero-order chi connectivity index (χ0) is 26.3. The highest BCUT2D eigenvalue weighted by Gasteiger charge is 2.43. The second-order valence-electron chi connectivity index (χ2n) is 9.71. The SMILES string of the molecule is CCN1C2=C(C(=O)CCC2)C(c2ccc(OS(=O)(=O)c3ccc(C)cc3)c(OC)c2)C2=C1CCCC2=O. The molecule has 3 aliphatic rings. The molecule has 0 saturated heterocycles. The van der Waals surface area contributed by atoms with Gasteiger partial charge in [0.1, 0.15) is 4.90 Å². The first kappa shape index (κ1) is 25.3. The fourth-order valence-electron chi connectivity index (χ4n) is 5.74. The first-order valence-electron chi connectivity index (χ1n) is 12.7. The lowest BCUT2D eigenvalue weighted by atomic mass is 9.71. The molecule has 0 saturated carbocycles. The van der Waals surface area contributed by atoms with Crippen molar-refractivity contribution in [3.8, 4) is 11.5 Å². The molecule has 0 amide bonds. The summed E-state index contributed by atoms with van der Waals surface area (Å²) >= 11 is 0.